The lowest BCUT2D eigenvalue weighted by Gasteiger charge is -2.40. The first-order chi connectivity index (χ1) is 12.3. The van der Waals surface area contributed by atoms with Crippen molar-refractivity contribution < 1.29 is 14.6 Å². The van der Waals surface area contributed by atoms with Crippen molar-refractivity contribution in [2.24, 2.45) is 5.41 Å². The van der Waals surface area contributed by atoms with Gasteiger partial charge in [-0.2, -0.15) is 0 Å². The second-order valence-corrected chi connectivity index (χ2v) is 7.11. The molecule has 0 fully saturated rings. The van der Waals surface area contributed by atoms with Crippen molar-refractivity contribution in [2.75, 3.05) is 7.11 Å². The van der Waals surface area contributed by atoms with Crippen molar-refractivity contribution in [2.45, 2.75) is 52.6 Å². The second-order valence-electron chi connectivity index (χ2n) is 7.11. The second kappa shape index (κ2) is 10.1. The topological polar surface area (TPSA) is 46.5 Å². The van der Waals surface area contributed by atoms with Gasteiger partial charge in [0.05, 0.1) is 7.11 Å². The first-order valence-electron chi connectivity index (χ1n) is 9.08. The highest BCUT2D eigenvalue weighted by Gasteiger charge is 2.50. The summed E-state index contributed by atoms with van der Waals surface area (Å²) >= 11 is 0. The SMILES string of the molecule is C/C=C/[C@@](C)(CCC=C(C)C)[C@](O)(C/C=C/c1ccccc1)C(=O)OC. The molecule has 142 valence electrons. The number of hydrogen-bond donors (Lipinski definition) is 1. The van der Waals surface area contributed by atoms with Crippen LogP contribution in [0.3, 0.4) is 0 Å². The molecule has 0 saturated heterocycles. The third kappa shape index (κ3) is 5.70. The highest BCUT2D eigenvalue weighted by Crippen LogP contribution is 2.41. The zero-order valence-corrected chi connectivity index (χ0v) is 16.7. The van der Waals surface area contributed by atoms with Crippen LogP contribution in [-0.2, 0) is 9.53 Å². The molecule has 0 heterocycles. The number of rotatable bonds is 9. The van der Waals surface area contributed by atoms with Gasteiger partial charge in [-0.1, -0.05) is 73.2 Å². The van der Waals surface area contributed by atoms with Crippen LogP contribution in [0.5, 0.6) is 0 Å². The Morgan fingerprint density at radius 2 is 1.88 bits per heavy atom. The molecule has 0 aliphatic heterocycles. The van der Waals surface area contributed by atoms with Gasteiger partial charge in [-0.05, 0) is 39.2 Å². The Morgan fingerprint density at radius 1 is 1.23 bits per heavy atom. The fraction of sp³-hybridized carbons (Fsp3) is 0.435. The zero-order chi connectivity index (χ0) is 19.6. The predicted molar refractivity (Wildman–Crippen MR) is 109 cm³/mol. The number of hydrogen-bond acceptors (Lipinski definition) is 3. The minimum Gasteiger partial charge on any atom is -0.467 e. The van der Waals surface area contributed by atoms with Crippen LogP contribution in [0.1, 0.15) is 52.5 Å². The molecule has 1 aromatic rings. The lowest BCUT2D eigenvalue weighted by molar-refractivity contribution is -0.174. The molecule has 0 saturated carbocycles. The van der Waals surface area contributed by atoms with E-state index in [0.29, 0.717) is 6.42 Å². The van der Waals surface area contributed by atoms with Crippen molar-refractivity contribution in [1.82, 2.24) is 0 Å². The summed E-state index contributed by atoms with van der Waals surface area (Å²) in [5, 5.41) is 11.4. The molecule has 0 aliphatic rings. The van der Waals surface area contributed by atoms with Gasteiger partial charge >= 0.3 is 5.97 Å². The van der Waals surface area contributed by atoms with E-state index in [0.717, 1.165) is 12.0 Å². The molecule has 0 radical (unpaired) electrons. The molecule has 2 atom stereocenters. The number of allylic oxidation sites excluding steroid dienone is 3. The summed E-state index contributed by atoms with van der Waals surface area (Å²) in [6.07, 6.45) is 11.3. The molecule has 1 N–H and O–H groups in total. The smallest absolute Gasteiger partial charge is 0.339 e. The Bertz CT molecular complexity index is 653. The lowest BCUT2D eigenvalue weighted by atomic mass is 9.68. The van der Waals surface area contributed by atoms with Gasteiger partial charge in [0.15, 0.2) is 5.60 Å². The normalized spacial score (nSPS) is 16.2. The van der Waals surface area contributed by atoms with Gasteiger partial charge in [0, 0.05) is 11.8 Å². The van der Waals surface area contributed by atoms with E-state index in [9.17, 15) is 9.90 Å². The zero-order valence-electron chi connectivity index (χ0n) is 16.7. The molecule has 0 aromatic heterocycles. The largest absolute Gasteiger partial charge is 0.467 e. The van der Waals surface area contributed by atoms with Crippen molar-refractivity contribution in [3.05, 3.63) is 65.8 Å². The Morgan fingerprint density at radius 3 is 2.42 bits per heavy atom. The fourth-order valence-electron chi connectivity index (χ4n) is 3.10. The summed E-state index contributed by atoms with van der Waals surface area (Å²) < 4.78 is 4.97. The van der Waals surface area contributed by atoms with Crippen LogP contribution in [0.4, 0.5) is 0 Å². The van der Waals surface area contributed by atoms with E-state index < -0.39 is 17.0 Å². The Balaban J connectivity index is 3.14. The van der Waals surface area contributed by atoms with Crippen LogP contribution in [0.25, 0.3) is 6.08 Å². The summed E-state index contributed by atoms with van der Waals surface area (Å²) in [5.41, 5.74) is -0.118. The highest BCUT2D eigenvalue weighted by molar-refractivity contribution is 5.81. The van der Waals surface area contributed by atoms with Crippen LogP contribution in [-0.4, -0.2) is 23.8 Å². The maximum Gasteiger partial charge on any atom is 0.339 e. The predicted octanol–water partition coefficient (Wildman–Crippen LogP) is 5.32. The molecule has 1 aromatic carbocycles. The van der Waals surface area contributed by atoms with Crippen LogP contribution in [0.2, 0.25) is 0 Å². The van der Waals surface area contributed by atoms with Crippen molar-refractivity contribution in [3.63, 3.8) is 0 Å². The first kappa shape index (κ1) is 21.9. The molecule has 0 aliphatic carbocycles. The van der Waals surface area contributed by atoms with Crippen molar-refractivity contribution in [3.8, 4) is 0 Å². The standard InChI is InChI=1S/C23H32O3/c1-6-16-22(4,17-10-12-19(2)3)23(25,21(24)26-5)18-11-15-20-13-8-7-9-14-20/h6-9,11-16,25H,10,17-18H2,1-5H3/b15-11+,16-6+/t22-,23-/m0/s1. The van der Waals surface area contributed by atoms with Crippen LogP contribution < -0.4 is 0 Å². The van der Waals surface area contributed by atoms with Gasteiger partial charge in [0.2, 0.25) is 0 Å². The maximum atomic E-state index is 12.5. The number of benzene rings is 1. The van der Waals surface area contributed by atoms with Gasteiger partial charge in [-0.3, -0.25) is 0 Å². The van der Waals surface area contributed by atoms with Gasteiger partial charge in [-0.25, -0.2) is 4.79 Å². The van der Waals surface area contributed by atoms with Gasteiger partial charge in [0.25, 0.3) is 0 Å². The summed E-state index contributed by atoms with van der Waals surface area (Å²) in [6, 6.07) is 9.82. The van der Waals surface area contributed by atoms with Gasteiger partial charge in [0.1, 0.15) is 0 Å². The molecular formula is C23H32O3. The molecule has 26 heavy (non-hydrogen) atoms. The van der Waals surface area contributed by atoms with Crippen molar-refractivity contribution in [1.29, 1.82) is 0 Å². The quantitative estimate of drug-likeness (QED) is 0.481. The van der Waals surface area contributed by atoms with Crippen LogP contribution in [0.15, 0.2) is 60.2 Å². The molecule has 3 nitrogen and oxygen atoms in total. The Hall–Kier alpha value is -2.13. The van der Waals surface area contributed by atoms with Crippen LogP contribution in [0, 0.1) is 5.41 Å². The molecule has 3 heteroatoms. The van der Waals surface area contributed by atoms with E-state index in [1.165, 1.54) is 12.7 Å². The molecule has 0 spiro atoms. The summed E-state index contributed by atoms with van der Waals surface area (Å²) in [7, 11) is 1.32. The molecule has 1 rings (SSSR count). The fourth-order valence-corrected chi connectivity index (χ4v) is 3.10. The average molecular weight is 357 g/mol. The third-order valence-electron chi connectivity index (χ3n) is 4.74. The molecule has 0 unspecified atom stereocenters. The minimum absolute atomic E-state index is 0.185. The molecule has 0 bridgehead atoms. The number of ether oxygens (including phenoxy) is 1. The number of carbonyl (C=O) groups excluding carboxylic acids is 1. The molecule has 0 amide bonds. The van der Waals surface area contributed by atoms with E-state index in [1.54, 1.807) is 0 Å². The van der Waals surface area contributed by atoms with E-state index in [4.69, 9.17) is 4.74 Å². The van der Waals surface area contributed by atoms with E-state index >= 15 is 0 Å². The summed E-state index contributed by atoms with van der Waals surface area (Å²) in [5.74, 6) is -0.604. The maximum absolute atomic E-state index is 12.5. The van der Waals surface area contributed by atoms with Crippen molar-refractivity contribution >= 4 is 12.0 Å². The first-order valence-corrected chi connectivity index (χ1v) is 9.08. The number of esters is 1. The monoisotopic (exact) mass is 356 g/mol. The average Bonchev–Trinajstić information content (AvgIpc) is 2.61. The van der Waals surface area contributed by atoms with Gasteiger partial charge < -0.3 is 9.84 Å². The van der Waals surface area contributed by atoms with E-state index in [1.807, 2.05) is 82.3 Å². The summed E-state index contributed by atoms with van der Waals surface area (Å²) in [6.45, 7) is 7.90. The minimum atomic E-state index is -1.63. The van der Waals surface area contributed by atoms with E-state index in [2.05, 4.69) is 6.08 Å². The van der Waals surface area contributed by atoms with Crippen LogP contribution >= 0.6 is 0 Å². The number of methoxy groups -OCH3 is 1. The Labute approximate surface area is 158 Å². The molecular weight excluding hydrogens is 324 g/mol. The highest BCUT2D eigenvalue weighted by atomic mass is 16.5. The van der Waals surface area contributed by atoms with E-state index in [-0.39, 0.29) is 6.42 Å². The Kier molecular flexibility index (Phi) is 8.53. The summed E-state index contributed by atoms with van der Waals surface area (Å²) in [4.78, 5) is 12.5. The third-order valence-corrected chi connectivity index (χ3v) is 4.74. The van der Waals surface area contributed by atoms with Gasteiger partial charge in [-0.15, -0.1) is 0 Å². The number of carbonyl (C=O) groups is 1. The number of aliphatic hydroxyl groups is 1. The lowest BCUT2D eigenvalue weighted by Crippen LogP contribution is -2.52.